The Hall–Kier alpha value is -0.800. The van der Waals surface area contributed by atoms with Gasteiger partial charge in [0.1, 0.15) is 4.32 Å². The molecule has 25 heavy (non-hydrogen) atoms. The Bertz CT molecular complexity index is 871. The number of hydrogen-bond acceptors (Lipinski definition) is 4. The van der Waals surface area contributed by atoms with Crippen LogP contribution in [0.15, 0.2) is 47.4 Å². The lowest BCUT2D eigenvalue weighted by Crippen LogP contribution is -2.33. The van der Waals surface area contributed by atoms with Crippen molar-refractivity contribution in [3.8, 4) is 0 Å². The number of amides is 1. The number of halogens is 3. The zero-order chi connectivity index (χ0) is 18.0. The summed E-state index contributed by atoms with van der Waals surface area (Å²) in [6.45, 7) is 0.323. The van der Waals surface area contributed by atoms with Crippen LogP contribution in [0.4, 0.5) is 5.69 Å². The molecule has 1 saturated heterocycles. The monoisotopic (exact) mass is 520 g/mol. The van der Waals surface area contributed by atoms with Gasteiger partial charge in [-0.3, -0.25) is 9.69 Å². The van der Waals surface area contributed by atoms with Gasteiger partial charge in [-0.1, -0.05) is 53.2 Å². The minimum atomic E-state index is -0.126. The standard InChI is InChI=1S/C17H11Cl2IN2OS2/c18-13-6-1-10(7-14(13)19)8-15-16(23)22(17(24)25-15)9-21-12-4-2-11(20)3-5-12/h1-8,21H,9H2/b15-8+. The largest absolute Gasteiger partial charge is 0.367 e. The second kappa shape index (κ2) is 8.26. The Kier molecular flexibility index (Phi) is 6.27. The minimum Gasteiger partial charge on any atom is -0.367 e. The molecule has 0 aromatic heterocycles. The average molecular weight is 521 g/mol. The minimum absolute atomic E-state index is 0.126. The fraction of sp³-hybridized carbons (Fsp3) is 0.0588. The van der Waals surface area contributed by atoms with E-state index in [-0.39, 0.29) is 5.91 Å². The van der Waals surface area contributed by atoms with Gasteiger partial charge in [0.25, 0.3) is 5.91 Å². The molecule has 3 nitrogen and oxygen atoms in total. The molecule has 3 rings (SSSR count). The molecule has 1 N–H and O–H groups in total. The van der Waals surface area contributed by atoms with Crippen LogP contribution in [-0.4, -0.2) is 21.8 Å². The van der Waals surface area contributed by atoms with Gasteiger partial charge in [0.05, 0.1) is 21.6 Å². The molecular formula is C17H11Cl2IN2OS2. The number of rotatable bonds is 4. The highest BCUT2D eigenvalue weighted by atomic mass is 127. The summed E-state index contributed by atoms with van der Waals surface area (Å²) in [5.41, 5.74) is 1.74. The molecule has 8 heteroatoms. The summed E-state index contributed by atoms with van der Waals surface area (Å²) in [5.74, 6) is -0.126. The summed E-state index contributed by atoms with van der Waals surface area (Å²) in [4.78, 5) is 14.7. The van der Waals surface area contributed by atoms with E-state index in [1.165, 1.54) is 11.8 Å². The number of benzene rings is 2. The summed E-state index contributed by atoms with van der Waals surface area (Å²) in [6, 6.07) is 13.2. The molecule has 0 radical (unpaired) electrons. The Balaban J connectivity index is 1.72. The van der Waals surface area contributed by atoms with Crippen molar-refractivity contribution in [3.63, 3.8) is 0 Å². The van der Waals surface area contributed by atoms with E-state index in [1.54, 1.807) is 23.1 Å². The van der Waals surface area contributed by atoms with Crippen molar-refractivity contribution in [2.75, 3.05) is 12.0 Å². The predicted molar refractivity (Wildman–Crippen MR) is 119 cm³/mol. The number of carbonyl (C=O) groups excluding carboxylic acids is 1. The van der Waals surface area contributed by atoms with Gasteiger partial charge in [-0.15, -0.1) is 0 Å². The van der Waals surface area contributed by atoms with Gasteiger partial charge in [-0.05, 0) is 70.6 Å². The maximum Gasteiger partial charge on any atom is 0.267 e. The van der Waals surface area contributed by atoms with Gasteiger partial charge in [0.15, 0.2) is 0 Å². The molecule has 0 bridgehead atoms. The predicted octanol–water partition coefficient (Wildman–Crippen LogP) is 5.87. The molecule has 1 fully saturated rings. The lowest BCUT2D eigenvalue weighted by atomic mass is 10.2. The van der Waals surface area contributed by atoms with Crippen molar-refractivity contribution in [2.24, 2.45) is 0 Å². The normalized spacial score (nSPS) is 16.0. The fourth-order valence-electron chi connectivity index (χ4n) is 2.13. The maximum atomic E-state index is 12.6. The molecule has 0 unspecified atom stereocenters. The molecule has 2 aromatic carbocycles. The number of nitrogens with zero attached hydrogens (tertiary/aromatic N) is 1. The summed E-state index contributed by atoms with van der Waals surface area (Å²) in [5, 5.41) is 4.14. The number of carbonyl (C=O) groups is 1. The van der Waals surface area contributed by atoms with Crippen LogP contribution >= 0.6 is 69.8 Å². The van der Waals surface area contributed by atoms with Gasteiger partial charge in [-0.2, -0.15) is 0 Å². The van der Waals surface area contributed by atoms with Crippen LogP contribution in [0.2, 0.25) is 10.0 Å². The van der Waals surface area contributed by atoms with Crippen molar-refractivity contribution in [1.82, 2.24) is 4.90 Å². The molecule has 0 aliphatic carbocycles. The third-order valence-electron chi connectivity index (χ3n) is 3.40. The van der Waals surface area contributed by atoms with Crippen LogP contribution in [0.5, 0.6) is 0 Å². The Morgan fingerprint density at radius 3 is 2.56 bits per heavy atom. The Labute approximate surface area is 178 Å². The molecule has 0 atom stereocenters. The molecular weight excluding hydrogens is 510 g/mol. The molecule has 0 saturated carbocycles. The summed E-state index contributed by atoms with van der Waals surface area (Å²) in [6.07, 6.45) is 1.77. The SMILES string of the molecule is O=C1/C(=C\c2ccc(Cl)c(Cl)c2)SC(=S)N1CNc1ccc(I)cc1. The van der Waals surface area contributed by atoms with Crippen molar-refractivity contribution in [2.45, 2.75) is 0 Å². The van der Waals surface area contributed by atoms with E-state index in [1.807, 2.05) is 30.3 Å². The van der Waals surface area contributed by atoms with Gasteiger partial charge >= 0.3 is 0 Å². The first-order valence-electron chi connectivity index (χ1n) is 7.14. The molecule has 1 amide bonds. The van der Waals surface area contributed by atoms with Crippen LogP contribution in [0, 0.1) is 3.57 Å². The van der Waals surface area contributed by atoms with Crippen molar-refractivity contribution in [1.29, 1.82) is 0 Å². The first-order chi connectivity index (χ1) is 11.9. The first kappa shape index (κ1) is 19.0. The fourth-order valence-corrected chi connectivity index (χ4v) is 4.05. The highest BCUT2D eigenvalue weighted by Gasteiger charge is 2.31. The number of thioether (sulfide) groups is 1. The van der Waals surface area contributed by atoms with Crippen molar-refractivity contribution >= 4 is 91.8 Å². The average Bonchev–Trinajstić information content (AvgIpc) is 2.84. The topological polar surface area (TPSA) is 32.3 Å². The van der Waals surface area contributed by atoms with Crippen LogP contribution < -0.4 is 5.32 Å². The van der Waals surface area contributed by atoms with E-state index in [0.29, 0.717) is 25.9 Å². The molecule has 128 valence electrons. The van der Waals surface area contributed by atoms with E-state index in [2.05, 4.69) is 27.9 Å². The summed E-state index contributed by atoms with van der Waals surface area (Å²) >= 11 is 20.8. The third kappa shape index (κ3) is 4.68. The summed E-state index contributed by atoms with van der Waals surface area (Å²) in [7, 11) is 0. The van der Waals surface area contributed by atoms with Gasteiger partial charge in [-0.25, -0.2) is 0 Å². The maximum absolute atomic E-state index is 12.6. The quantitative estimate of drug-likeness (QED) is 0.310. The highest BCUT2D eigenvalue weighted by molar-refractivity contribution is 14.1. The number of anilines is 1. The molecule has 2 aromatic rings. The number of nitrogens with one attached hydrogen (secondary N) is 1. The van der Waals surface area contributed by atoms with Crippen LogP contribution in [-0.2, 0) is 4.79 Å². The zero-order valence-electron chi connectivity index (χ0n) is 12.6. The lowest BCUT2D eigenvalue weighted by Gasteiger charge is -2.16. The van der Waals surface area contributed by atoms with Gasteiger partial charge < -0.3 is 5.32 Å². The van der Waals surface area contributed by atoms with E-state index in [4.69, 9.17) is 35.4 Å². The van der Waals surface area contributed by atoms with Crippen LogP contribution in [0.1, 0.15) is 5.56 Å². The Morgan fingerprint density at radius 1 is 1.16 bits per heavy atom. The third-order valence-corrected chi connectivity index (χ3v) is 6.24. The van der Waals surface area contributed by atoms with Crippen molar-refractivity contribution in [3.05, 3.63) is 66.5 Å². The molecule has 1 aliphatic rings. The molecule has 0 spiro atoms. The second-order valence-corrected chi connectivity index (χ2v) is 8.86. The highest BCUT2D eigenvalue weighted by Crippen LogP contribution is 2.33. The van der Waals surface area contributed by atoms with E-state index < -0.39 is 0 Å². The van der Waals surface area contributed by atoms with E-state index in [0.717, 1.165) is 14.8 Å². The number of thiocarbonyl (C=S) groups is 1. The first-order valence-corrected chi connectivity index (χ1v) is 10.2. The van der Waals surface area contributed by atoms with E-state index >= 15 is 0 Å². The summed E-state index contributed by atoms with van der Waals surface area (Å²) < 4.78 is 1.67. The number of hydrogen-bond donors (Lipinski definition) is 1. The van der Waals surface area contributed by atoms with Crippen molar-refractivity contribution < 1.29 is 4.79 Å². The molecule has 1 heterocycles. The smallest absolute Gasteiger partial charge is 0.267 e. The Morgan fingerprint density at radius 2 is 1.88 bits per heavy atom. The lowest BCUT2D eigenvalue weighted by molar-refractivity contribution is -0.121. The van der Waals surface area contributed by atoms with E-state index in [9.17, 15) is 4.79 Å². The van der Waals surface area contributed by atoms with Gasteiger partial charge in [0.2, 0.25) is 0 Å². The van der Waals surface area contributed by atoms with Gasteiger partial charge in [0, 0.05) is 9.26 Å². The molecule has 1 aliphatic heterocycles. The van der Waals surface area contributed by atoms with Crippen LogP contribution in [0.25, 0.3) is 6.08 Å². The second-order valence-electron chi connectivity index (χ2n) is 5.13. The zero-order valence-corrected chi connectivity index (χ0v) is 17.9. The van der Waals surface area contributed by atoms with Crippen LogP contribution in [0.3, 0.4) is 0 Å².